The van der Waals surface area contributed by atoms with Gasteiger partial charge in [0.2, 0.25) is 0 Å². The van der Waals surface area contributed by atoms with Gasteiger partial charge >= 0.3 is 5.97 Å². The molecule has 0 amide bonds. The van der Waals surface area contributed by atoms with Gasteiger partial charge in [-0.2, -0.15) is 0 Å². The monoisotopic (exact) mass is 157 g/mol. The van der Waals surface area contributed by atoms with Crippen LogP contribution >= 0.6 is 0 Å². The van der Waals surface area contributed by atoms with E-state index in [0.717, 1.165) is 12.8 Å². The van der Waals surface area contributed by atoms with Gasteiger partial charge in [-0.05, 0) is 26.2 Å². The third-order valence-corrected chi connectivity index (χ3v) is 1.61. The lowest BCUT2D eigenvalue weighted by atomic mass is 10.0. The van der Waals surface area contributed by atoms with Gasteiger partial charge in [0.1, 0.15) is 0 Å². The van der Waals surface area contributed by atoms with E-state index in [9.17, 15) is 4.79 Å². The standard InChI is InChI=1S/C8H15NO2/c1-6(8(10)11)4-3-5-7(2)9/h6,9H,3-5H2,1-2H3,(H,10,11). The fourth-order valence-corrected chi connectivity index (χ4v) is 0.797. The van der Waals surface area contributed by atoms with Crippen LogP contribution in [-0.2, 0) is 4.79 Å². The maximum Gasteiger partial charge on any atom is 0.306 e. The van der Waals surface area contributed by atoms with Crippen molar-refractivity contribution in [3.63, 3.8) is 0 Å². The molecule has 0 heterocycles. The SMILES string of the molecule is CC(=N)CCCC(C)C(=O)O. The molecule has 0 aliphatic heterocycles. The molecule has 11 heavy (non-hydrogen) atoms. The first-order valence-corrected chi connectivity index (χ1v) is 3.81. The molecule has 3 nitrogen and oxygen atoms in total. The first kappa shape index (κ1) is 10.1. The molecule has 0 saturated heterocycles. The van der Waals surface area contributed by atoms with Crippen molar-refractivity contribution in [2.45, 2.75) is 33.1 Å². The molecular formula is C8H15NO2. The van der Waals surface area contributed by atoms with E-state index >= 15 is 0 Å². The van der Waals surface area contributed by atoms with Crippen LogP contribution in [0.2, 0.25) is 0 Å². The summed E-state index contributed by atoms with van der Waals surface area (Å²) in [5.74, 6) is -1.01. The molecule has 0 aliphatic rings. The van der Waals surface area contributed by atoms with Crippen LogP contribution in [0.15, 0.2) is 0 Å². The van der Waals surface area contributed by atoms with Gasteiger partial charge in [0.25, 0.3) is 0 Å². The molecular weight excluding hydrogens is 142 g/mol. The van der Waals surface area contributed by atoms with Gasteiger partial charge in [-0.1, -0.05) is 6.92 Å². The lowest BCUT2D eigenvalue weighted by Gasteiger charge is -2.03. The average Bonchev–Trinajstić information content (AvgIpc) is 1.86. The minimum Gasteiger partial charge on any atom is -0.481 e. The predicted molar refractivity (Wildman–Crippen MR) is 44.1 cm³/mol. The number of rotatable bonds is 5. The van der Waals surface area contributed by atoms with E-state index in [1.54, 1.807) is 13.8 Å². The van der Waals surface area contributed by atoms with Crippen molar-refractivity contribution in [2.75, 3.05) is 0 Å². The van der Waals surface area contributed by atoms with E-state index in [-0.39, 0.29) is 5.92 Å². The highest BCUT2D eigenvalue weighted by Gasteiger charge is 2.09. The number of carboxylic acid groups (broad SMARTS) is 1. The third kappa shape index (κ3) is 5.58. The van der Waals surface area contributed by atoms with Gasteiger partial charge in [0, 0.05) is 5.71 Å². The minimum atomic E-state index is -0.743. The molecule has 0 aliphatic carbocycles. The quantitative estimate of drug-likeness (QED) is 0.599. The second-order valence-corrected chi connectivity index (χ2v) is 2.91. The lowest BCUT2D eigenvalue weighted by molar-refractivity contribution is -0.141. The molecule has 0 fully saturated rings. The molecule has 0 spiro atoms. The van der Waals surface area contributed by atoms with Crippen molar-refractivity contribution in [3.05, 3.63) is 0 Å². The van der Waals surface area contributed by atoms with Crippen LogP contribution in [0.1, 0.15) is 33.1 Å². The summed E-state index contributed by atoms with van der Waals surface area (Å²) in [6.07, 6.45) is 2.20. The Morgan fingerprint density at radius 3 is 2.55 bits per heavy atom. The Hall–Kier alpha value is -0.860. The van der Waals surface area contributed by atoms with Gasteiger partial charge in [-0.25, -0.2) is 0 Å². The van der Waals surface area contributed by atoms with E-state index in [1.165, 1.54) is 0 Å². The fraction of sp³-hybridized carbons (Fsp3) is 0.750. The summed E-state index contributed by atoms with van der Waals surface area (Å²) in [5.41, 5.74) is 0.627. The Kier molecular flexibility index (Phi) is 4.50. The van der Waals surface area contributed by atoms with E-state index in [4.69, 9.17) is 10.5 Å². The average molecular weight is 157 g/mol. The molecule has 0 rings (SSSR count). The van der Waals surface area contributed by atoms with Gasteiger partial charge in [0.15, 0.2) is 0 Å². The Balaban J connectivity index is 3.39. The largest absolute Gasteiger partial charge is 0.481 e. The lowest BCUT2D eigenvalue weighted by Crippen LogP contribution is -2.09. The number of hydrogen-bond donors (Lipinski definition) is 2. The summed E-state index contributed by atoms with van der Waals surface area (Å²) in [7, 11) is 0. The molecule has 1 unspecified atom stereocenters. The molecule has 2 N–H and O–H groups in total. The van der Waals surface area contributed by atoms with Crippen molar-refractivity contribution in [3.8, 4) is 0 Å². The molecule has 0 aromatic heterocycles. The van der Waals surface area contributed by atoms with Crippen LogP contribution in [0.3, 0.4) is 0 Å². The van der Waals surface area contributed by atoms with Crippen LogP contribution in [0, 0.1) is 11.3 Å². The number of carboxylic acids is 1. The van der Waals surface area contributed by atoms with Crippen LogP contribution in [0.5, 0.6) is 0 Å². The molecule has 1 atom stereocenters. The molecule has 0 aromatic rings. The Morgan fingerprint density at radius 2 is 2.18 bits per heavy atom. The molecule has 0 radical (unpaired) electrons. The van der Waals surface area contributed by atoms with Gasteiger partial charge in [-0.15, -0.1) is 0 Å². The summed E-state index contributed by atoms with van der Waals surface area (Å²) in [4.78, 5) is 10.3. The second-order valence-electron chi connectivity index (χ2n) is 2.91. The van der Waals surface area contributed by atoms with E-state index in [1.807, 2.05) is 0 Å². The highest BCUT2D eigenvalue weighted by atomic mass is 16.4. The van der Waals surface area contributed by atoms with Crippen molar-refractivity contribution >= 4 is 11.7 Å². The minimum absolute atomic E-state index is 0.269. The number of hydrogen-bond acceptors (Lipinski definition) is 2. The summed E-state index contributed by atoms with van der Waals surface area (Å²) in [5, 5.41) is 15.6. The fourth-order valence-electron chi connectivity index (χ4n) is 0.797. The molecule has 3 heteroatoms. The zero-order valence-corrected chi connectivity index (χ0v) is 7.05. The maximum atomic E-state index is 10.3. The summed E-state index contributed by atoms with van der Waals surface area (Å²) in [6, 6.07) is 0. The highest BCUT2D eigenvalue weighted by molar-refractivity contribution is 5.78. The Bertz CT molecular complexity index is 154. The normalized spacial score (nSPS) is 12.5. The van der Waals surface area contributed by atoms with Gasteiger partial charge < -0.3 is 10.5 Å². The highest BCUT2D eigenvalue weighted by Crippen LogP contribution is 2.07. The van der Waals surface area contributed by atoms with Gasteiger partial charge in [0.05, 0.1) is 5.92 Å². The van der Waals surface area contributed by atoms with Crippen molar-refractivity contribution in [2.24, 2.45) is 5.92 Å². The second kappa shape index (κ2) is 4.88. The van der Waals surface area contributed by atoms with Crippen molar-refractivity contribution < 1.29 is 9.90 Å². The predicted octanol–water partition coefficient (Wildman–Crippen LogP) is 1.92. The first-order valence-electron chi connectivity index (χ1n) is 3.81. The topological polar surface area (TPSA) is 61.2 Å². The van der Waals surface area contributed by atoms with E-state index < -0.39 is 5.97 Å². The van der Waals surface area contributed by atoms with E-state index in [2.05, 4.69) is 0 Å². The van der Waals surface area contributed by atoms with Crippen molar-refractivity contribution in [1.29, 1.82) is 5.41 Å². The zero-order valence-electron chi connectivity index (χ0n) is 7.05. The third-order valence-electron chi connectivity index (χ3n) is 1.61. The first-order chi connectivity index (χ1) is 5.04. The number of nitrogens with one attached hydrogen (secondary N) is 1. The van der Waals surface area contributed by atoms with Crippen LogP contribution in [0.25, 0.3) is 0 Å². The molecule has 0 saturated carbocycles. The smallest absolute Gasteiger partial charge is 0.306 e. The van der Waals surface area contributed by atoms with Crippen LogP contribution < -0.4 is 0 Å². The molecule has 64 valence electrons. The maximum absolute atomic E-state index is 10.3. The Morgan fingerprint density at radius 1 is 1.64 bits per heavy atom. The van der Waals surface area contributed by atoms with Gasteiger partial charge in [-0.3, -0.25) is 4.79 Å². The number of aliphatic carboxylic acids is 1. The van der Waals surface area contributed by atoms with Crippen LogP contribution in [-0.4, -0.2) is 16.8 Å². The summed E-state index contributed by atoms with van der Waals surface area (Å²) >= 11 is 0. The summed E-state index contributed by atoms with van der Waals surface area (Å²) in [6.45, 7) is 3.44. The molecule has 0 aromatic carbocycles. The molecule has 0 bridgehead atoms. The van der Waals surface area contributed by atoms with Crippen molar-refractivity contribution in [1.82, 2.24) is 0 Å². The summed E-state index contributed by atoms with van der Waals surface area (Å²) < 4.78 is 0. The van der Waals surface area contributed by atoms with Crippen LogP contribution in [0.4, 0.5) is 0 Å². The van der Waals surface area contributed by atoms with E-state index in [0.29, 0.717) is 12.1 Å². The number of carbonyl (C=O) groups is 1. The Labute approximate surface area is 66.9 Å². The zero-order chi connectivity index (χ0) is 8.85.